The van der Waals surface area contributed by atoms with Gasteiger partial charge in [0.2, 0.25) is 0 Å². The summed E-state index contributed by atoms with van der Waals surface area (Å²) in [6, 6.07) is 5.77. The summed E-state index contributed by atoms with van der Waals surface area (Å²) >= 11 is 0. The van der Waals surface area contributed by atoms with Gasteiger partial charge < -0.3 is 10.1 Å². The molecule has 1 atom stereocenters. The molecule has 2 aromatic carbocycles. The first-order valence-electron chi connectivity index (χ1n) is 7.54. The topological polar surface area (TPSA) is 102 Å². The van der Waals surface area contributed by atoms with E-state index in [1.165, 1.54) is 30.5 Å². The number of imide groups is 1. The van der Waals surface area contributed by atoms with Gasteiger partial charge in [0.25, 0.3) is 5.69 Å². The Labute approximate surface area is 150 Å². The van der Waals surface area contributed by atoms with Gasteiger partial charge in [0.15, 0.2) is 11.6 Å². The zero-order chi connectivity index (χ0) is 19.6. The molecule has 0 aromatic heterocycles. The van der Waals surface area contributed by atoms with E-state index in [4.69, 9.17) is 4.74 Å². The zero-order valence-corrected chi connectivity index (χ0v) is 13.5. The molecule has 1 aliphatic rings. The Bertz CT molecular complexity index is 946. The zero-order valence-electron chi connectivity index (χ0n) is 13.5. The van der Waals surface area contributed by atoms with Gasteiger partial charge in [0.1, 0.15) is 5.75 Å². The van der Waals surface area contributed by atoms with Crippen LogP contribution in [0.25, 0.3) is 0 Å². The number of carbonyl (C=O) groups is 2. The third kappa shape index (κ3) is 3.73. The van der Waals surface area contributed by atoms with Gasteiger partial charge in [-0.1, -0.05) is 6.07 Å². The van der Waals surface area contributed by atoms with Gasteiger partial charge in [-0.15, -0.1) is 0 Å². The molecule has 1 heterocycles. The fraction of sp³-hybridized carbons (Fsp3) is 0.0588. The summed E-state index contributed by atoms with van der Waals surface area (Å²) in [5.74, 6) is -2.23. The number of nitro benzene ring substituents is 1. The van der Waals surface area contributed by atoms with E-state index in [1.54, 1.807) is 0 Å². The third-order valence-corrected chi connectivity index (χ3v) is 3.72. The van der Waals surface area contributed by atoms with Gasteiger partial charge >= 0.3 is 12.1 Å². The summed E-state index contributed by atoms with van der Waals surface area (Å²) in [6.07, 6.45) is 1.56. The number of nitro groups is 1. The second-order valence-corrected chi connectivity index (χ2v) is 5.42. The Kier molecular flexibility index (Phi) is 4.79. The maximum absolute atomic E-state index is 13.5. The number of urea groups is 1. The number of rotatable bonds is 3. The summed E-state index contributed by atoms with van der Waals surface area (Å²) in [4.78, 5) is 35.3. The predicted molar refractivity (Wildman–Crippen MR) is 87.7 cm³/mol. The Balaban J connectivity index is 1.85. The molecule has 8 nitrogen and oxygen atoms in total. The molecule has 10 heteroatoms. The molecule has 0 radical (unpaired) electrons. The first kappa shape index (κ1) is 18.0. The number of hydrogen-bond acceptors (Lipinski definition) is 5. The molecule has 0 bridgehead atoms. The Morgan fingerprint density at radius 3 is 2.48 bits per heavy atom. The molecule has 27 heavy (non-hydrogen) atoms. The Morgan fingerprint density at radius 2 is 1.85 bits per heavy atom. The summed E-state index contributed by atoms with van der Waals surface area (Å²) in [7, 11) is 0. The first-order chi connectivity index (χ1) is 12.9. The van der Waals surface area contributed by atoms with Crippen LogP contribution in [0.15, 0.2) is 54.7 Å². The van der Waals surface area contributed by atoms with Crippen LogP contribution in [0.4, 0.5) is 24.1 Å². The monoisotopic (exact) mass is 375 g/mol. The second-order valence-electron chi connectivity index (χ2n) is 5.42. The average molecular weight is 375 g/mol. The van der Waals surface area contributed by atoms with E-state index in [0.29, 0.717) is 4.90 Å². The standard InChI is InChI=1S/C17H11F2N3O5/c18-13-6-1-10(9-14(13)19)15-7-8-20-16(23)21(15)17(24)27-12-4-2-11(3-5-12)22(25)26/h1-9,15H,(H,20,23). The van der Waals surface area contributed by atoms with Crippen LogP contribution in [0.1, 0.15) is 11.6 Å². The van der Waals surface area contributed by atoms with E-state index in [1.807, 2.05) is 0 Å². The van der Waals surface area contributed by atoms with Gasteiger partial charge in [-0.3, -0.25) is 10.1 Å². The third-order valence-electron chi connectivity index (χ3n) is 3.72. The fourth-order valence-corrected chi connectivity index (χ4v) is 2.43. The molecule has 138 valence electrons. The summed E-state index contributed by atoms with van der Waals surface area (Å²) < 4.78 is 31.7. The maximum Gasteiger partial charge on any atom is 0.424 e. The minimum Gasteiger partial charge on any atom is -0.410 e. The van der Waals surface area contributed by atoms with Crippen molar-refractivity contribution < 1.29 is 28.0 Å². The molecule has 0 fully saturated rings. The van der Waals surface area contributed by atoms with Crippen LogP contribution in [0, 0.1) is 21.7 Å². The van der Waals surface area contributed by atoms with Crippen molar-refractivity contribution in [3.63, 3.8) is 0 Å². The molecule has 1 unspecified atom stereocenters. The van der Waals surface area contributed by atoms with Gasteiger partial charge in [0, 0.05) is 18.3 Å². The van der Waals surface area contributed by atoms with Crippen molar-refractivity contribution in [1.82, 2.24) is 10.2 Å². The number of amides is 3. The number of ether oxygens (including phenoxy) is 1. The van der Waals surface area contributed by atoms with Crippen molar-refractivity contribution in [3.05, 3.63) is 82.1 Å². The van der Waals surface area contributed by atoms with Crippen LogP contribution < -0.4 is 10.1 Å². The molecular formula is C17H11F2N3O5. The Hall–Kier alpha value is -3.82. The number of nitrogens with one attached hydrogen (secondary N) is 1. The van der Waals surface area contributed by atoms with Gasteiger partial charge in [-0.25, -0.2) is 23.3 Å². The number of benzene rings is 2. The van der Waals surface area contributed by atoms with E-state index >= 15 is 0 Å². The van der Waals surface area contributed by atoms with Crippen LogP contribution in [0.2, 0.25) is 0 Å². The van der Waals surface area contributed by atoms with Crippen molar-refractivity contribution in [3.8, 4) is 5.75 Å². The second kappa shape index (κ2) is 7.20. The molecule has 0 saturated carbocycles. The van der Waals surface area contributed by atoms with E-state index in [2.05, 4.69) is 5.32 Å². The largest absolute Gasteiger partial charge is 0.424 e. The normalized spacial score (nSPS) is 16.0. The maximum atomic E-state index is 13.5. The number of carbonyl (C=O) groups excluding carboxylic acids is 2. The van der Waals surface area contributed by atoms with Gasteiger partial charge in [0.05, 0.1) is 11.0 Å². The number of non-ortho nitro benzene ring substituents is 1. The number of hydrogen-bond donors (Lipinski definition) is 1. The fourth-order valence-electron chi connectivity index (χ4n) is 2.43. The molecule has 3 rings (SSSR count). The molecule has 0 aliphatic carbocycles. The van der Waals surface area contributed by atoms with Crippen molar-refractivity contribution >= 4 is 17.8 Å². The number of nitrogens with zero attached hydrogens (tertiary/aromatic N) is 2. The molecule has 3 amide bonds. The van der Waals surface area contributed by atoms with Gasteiger partial charge in [-0.2, -0.15) is 0 Å². The lowest BCUT2D eigenvalue weighted by Crippen LogP contribution is -2.47. The first-order valence-corrected chi connectivity index (χ1v) is 7.54. The highest BCUT2D eigenvalue weighted by Crippen LogP contribution is 2.27. The quantitative estimate of drug-likeness (QED) is 0.652. The highest BCUT2D eigenvalue weighted by Gasteiger charge is 2.33. The van der Waals surface area contributed by atoms with Crippen molar-refractivity contribution in [2.75, 3.05) is 0 Å². The highest BCUT2D eigenvalue weighted by molar-refractivity contribution is 5.93. The summed E-state index contributed by atoms with van der Waals surface area (Å²) in [5, 5.41) is 12.9. The van der Waals surface area contributed by atoms with Crippen LogP contribution in [-0.2, 0) is 0 Å². The summed E-state index contributed by atoms with van der Waals surface area (Å²) in [6.45, 7) is 0. The van der Waals surface area contributed by atoms with E-state index < -0.39 is 34.7 Å². The van der Waals surface area contributed by atoms with Crippen LogP contribution in [0.3, 0.4) is 0 Å². The lowest BCUT2D eigenvalue weighted by atomic mass is 10.0. The van der Waals surface area contributed by atoms with Crippen LogP contribution in [0.5, 0.6) is 5.75 Å². The van der Waals surface area contributed by atoms with E-state index in [0.717, 1.165) is 24.3 Å². The Morgan fingerprint density at radius 1 is 1.15 bits per heavy atom. The predicted octanol–water partition coefficient (Wildman–Crippen LogP) is 3.65. The smallest absolute Gasteiger partial charge is 0.410 e. The van der Waals surface area contributed by atoms with E-state index in [-0.39, 0.29) is 17.0 Å². The van der Waals surface area contributed by atoms with Crippen molar-refractivity contribution in [1.29, 1.82) is 0 Å². The van der Waals surface area contributed by atoms with Crippen LogP contribution in [-0.4, -0.2) is 21.9 Å². The SMILES string of the molecule is O=C1NC=CC(c2ccc(F)c(F)c2)N1C(=O)Oc1ccc([N+](=O)[O-])cc1. The number of halogens is 2. The molecule has 0 saturated heterocycles. The lowest BCUT2D eigenvalue weighted by molar-refractivity contribution is -0.384. The van der Waals surface area contributed by atoms with Crippen molar-refractivity contribution in [2.45, 2.75) is 6.04 Å². The molecule has 1 N–H and O–H groups in total. The molecule has 1 aliphatic heterocycles. The van der Waals surface area contributed by atoms with Gasteiger partial charge in [-0.05, 0) is 35.9 Å². The van der Waals surface area contributed by atoms with Crippen molar-refractivity contribution in [2.24, 2.45) is 0 Å². The highest BCUT2D eigenvalue weighted by atomic mass is 19.2. The minimum absolute atomic E-state index is 0.0306. The molecule has 2 aromatic rings. The minimum atomic E-state index is -1.13. The molecular weight excluding hydrogens is 364 g/mol. The lowest BCUT2D eigenvalue weighted by Gasteiger charge is -2.30. The van der Waals surface area contributed by atoms with E-state index in [9.17, 15) is 28.5 Å². The summed E-state index contributed by atoms with van der Waals surface area (Å²) in [5.41, 5.74) is -0.0474. The average Bonchev–Trinajstić information content (AvgIpc) is 2.64. The molecule has 0 spiro atoms. The van der Waals surface area contributed by atoms with Crippen LogP contribution >= 0.6 is 0 Å².